The van der Waals surface area contributed by atoms with E-state index in [9.17, 15) is 4.79 Å². The van der Waals surface area contributed by atoms with Crippen LogP contribution in [0.15, 0.2) is 48.9 Å². The minimum absolute atomic E-state index is 0.191. The summed E-state index contributed by atoms with van der Waals surface area (Å²) in [6.07, 6.45) is 5.34. The summed E-state index contributed by atoms with van der Waals surface area (Å²) in [4.78, 5) is 12.8. The Kier molecular flexibility index (Phi) is 4.97. The van der Waals surface area contributed by atoms with E-state index in [0.29, 0.717) is 22.9 Å². The van der Waals surface area contributed by atoms with E-state index in [0.717, 1.165) is 5.56 Å². The quantitative estimate of drug-likeness (QED) is 0.739. The SMILES string of the molecule is COc1ccc(C(C)NC(=O)c2cnn(C)c2-n2cccc2)cc1OC. The summed E-state index contributed by atoms with van der Waals surface area (Å²) in [5.41, 5.74) is 1.43. The molecule has 7 heteroatoms. The maximum atomic E-state index is 12.8. The minimum atomic E-state index is -0.208. The molecule has 0 fully saturated rings. The largest absolute Gasteiger partial charge is 0.493 e. The highest BCUT2D eigenvalue weighted by Gasteiger charge is 2.20. The maximum Gasteiger partial charge on any atom is 0.257 e. The normalized spacial score (nSPS) is 11.8. The number of benzene rings is 1. The number of nitrogens with one attached hydrogen (secondary N) is 1. The van der Waals surface area contributed by atoms with E-state index < -0.39 is 0 Å². The van der Waals surface area contributed by atoms with Gasteiger partial charge in [-0.15, -0.1) is 0 Å². The minimum Gasteiger partial charge on any atom is -0.493 e. The lowest BCUT2D eigenvalue weighted by Gasteiger charge is -2.17. The van der Waals surface area contributed by atoms with Gasteiger partial charge in [-0.25, -0.2) is 0 Å². The Balaban J connectivity index is 1.83. The van der Waals surface area contributed by atoms with Gasteiger partial charge in [0.05, 0.1) is 26.5 Å². The van der Waals surface area contributed by atoms with Gasteiger partial charge in [0.15, 0.2) is 11.5 Å². The summed E-state index contributed by atoms with van der Waals surface area (Å²) in [6, 6.07) is 9.19. The molecule has 0 aliphatic rings. The van der Waals surface area contributed by atoms with Gasteiger partial charge in [-0.3, -0.25) is 9.48 Å². The first-order chi connectivity index (χ1) is 12.5. The van der Waals surface area contributed by atoms with Crippen LogP contribution in [-0.4, -0.2) is 34.5 Å². The summed E-state index contributed by atoms with van der Waals surface area (Å²) >= 11 is 0. The van der Waals surface area contributed by atoms with Gasteiger partial charge in [-0.05, 0) is 36.8 Å². The van der Waals surface area contributed by atoms with Crippen LogP contribution in [0.2, 0.25) is 0 Å². The van der Waals surface area contributed by atoms with Crippen LogP contribution in [0.1, 0.15) is 28.9 Å². The summed E-state index contributed by atoms with van der Waals surface area (Å²) in [5, 5.41) is 7.24. The van der Waals surface area contributed by atoms with Crippen molar-refractivity contribution in [2.45, 2.75) is 13.0 Å². The van der Waals surface area contributed by atoms with Gasteiger partial charge in [0, 0.05) is 19.4 Å². The zero-order valence-corrected chi connectivity index (χ0v) is 15.3. The molecule has 0 radical (unpaired) electrons. The lowest BCUT2D eigenvalue weighted by atomic mass is 10.1. The molecular weight excluding hydrogens is 332 g/mol. The van der Waals surface area contributed by atoms with Crippen molar-refractivity contribution in [1.82, 2.24) is 19.7 Å². The van der Waals surface area contributed by atoms with E-state index in [-0.39, 0.29) is 11.9 Å². The third-order valence-corrected chi connectivity index (χ3v) is 4.26. The lowest BCUT2D eigenvalue weighted by molar-refractivity contribution is 0.0939. The first-order valence-corrected chi connectivity index (χ1v) is 8.23. The molecule has 7 nitrogen and oxygen atoms in total. The van der Waals surface area contributed by atoms with E-state index in [4.69, 9.17) is 9.47 Å². The molecule has 3 rings (SSSR count). The molecular formula is C19H22N4O3. The Hall–Kier alpha value is -3.22. The highest BCUT2D eigenvalue weighted by atomic mass is 16.5. The predicted molar refractivity (Wildman–Crippen MR) is 98.0 cm³/mol. The fourth-order valence-corrected chi connectivity index (χ4v) is 2.85. The van der Waals surface area contributed by atoms with Crippen molar-refractivity contribution in [2.75, 3.05) is 14.2 Å². The Bertz CT molecular complexity index is 900. The van der Waals surface area contributed by atoms with Crippen molar-refractivity contribution in [1.29, 1.82) is 0 Å². The first-order valence-electron chi connectivity index (χ1n) is 8.23. The van der Waals surface area contributed by atoms with E-state index in [2.05, 4.69) is 10.4 Å². The highest BCUT2D eigenvalue weighted by Crippen LogP contribution is 2.30. The standard InChI is InChI=1S/C19H22N4O3/c1-13(14-7-8-16(25-3)17(11-14)26-4)21-18(24)15-12-20-22(2)19(15)23-9-5-6-10-23/h5-13H,1-4H3,(H,21,24). The number of amides is 1. The van der Waals surface area contributed by atoms with Crippen molar-refractivity contribution in [3.8, 4) is 17.3 Å². The monoisotopic (exact) mass is 354 g/mol. The average molecular weight is 354 g/mol. The Morgan fingerprint density at radius 1 is 1.15 bits per heavy atom. The first kappa shape index (κ1) is 17.6. The van der Waals surface area contributed by atoms with E-state index in [1.54, 1.807) is 25.1 Å². The molecule has 0 saturated heterocycles. The molecule has 1 N–H and O–H groups in total. The molecule has 1 aromatic carbocycles. The van der Waals surface area contributed by atoms with Crippen LogP contribution in [0.3, 0.4) is 0 Å². The van der Waals surface area contributed by atoms with Gasteiger partial charge in [-0.2, -0.15) is 5.10 Å². The predicted octanol–water partition coefficient (Wildman–Crippen LogP) is 2.72. The zero-order valence-electron chi connectivity index (χ0n) is 15.3. The van der Waals surface area contributed by atoms with Crippen molar-refractivity contribution >= 4 is 5.91 Å². The number of ether oxygens (including phenoxy) is 2. The van der Waals surface area contributed by atoms with Crippen LogP contribution in [0.5, 0.6) is 11.5 Å². The molecule has 136 valence electrons. The van der Waals surface area contributed by atoms with Crippen LogP contribution in [0.25, 0.3) is 5.82 Å². The van der Waals surface area contributed by atoms with Gasteiger partial charge in [0.2, 0.25) is 0 Å². The number of aromatic nitrogens is 3. The van der Waals surface area contributed by atoms with E-state index >= 15 is 0 Å². The molecule has 2 heterocycles. The van der Waals surface area contributed by atoms with Crippen LogP contribution in [0.4, 0.5) is 0 Å². The highest BCUT2D eigenvalue weighted by molar-refractivity contribution is 5.97. The van der Waals surface area contributed by atoms with E-state index in [1.165, 1.54) is 0 Å². The fraction of sp³-hybridized carbons (Fsp3) is 0.263. The second kappa shape index (κ2) is 7.35. The smallest absolute Gasteiger partial charge is 0.257 e. The Morgan fingerprint density at radius 3 is 2.50 bits per heavy atom. The molecule has 0 saturated carbocycles. The van der Waals surface area contributed by atoms with Gasteiger partial charge in [0.1, 0.15) is 11.4 Å². The van der Waals surface area contributed by atoms with Gasteiger partial charge in [0.25, 0.3) is 5.91 Å². The molecule has 0 spiro atoms. The lowest BCUT2D eigenvalue weighted by Crippen LogP contribution is -2.27. The van der Waals surface area contributed by atoms with Crippen molar-refractivity contribution in [3.05, 3.63) is 60.0 Å². The topological polar surface area (TPSA) is 70.3 Å². The van der Waals surface area contributed by atoms with Crippen LogP contribution in [0, 0.1) is 0 Å². The Labute approximate surface area is 152 Å². The molecule has 1 unspecified atom stereocenters. The van der Waals surface area contributed by atoms with Crippen LogP contribution in [-0.2, 0) is 7.05 Å². The van der Waals surface area contributed by atoms with Crippen LogP contribution >= 0.6 is 0 Å². The second-order valence-corrected chi connectivity index (χ2v) is 5.91. The van der Waals surface area contributed by atoms with Gasteiger partial charge >= 0.3 is 0 Å². The van der Waals surface area contributed by atoms with Crippen molar-refractivity contribution in [2.24, 2.45) is 7.05 Å². The number of carbonyl (C=O) groups is 1. The second-order valence-electron chi connectivity index (χ2n) is 5.91. The van der Waals surface area contributed by atoms with Gasteiger partial charge in [-0.1, -0.05) is 6.07 Å². The molecule has 3 aromatic rings. The summed E-state index contributed by atoms with van der Waals surface area (Å²) in [6.45, 7) is 1.92. The summed E-state index contributed by atoms with van der Waals surface area (Å²) in [7, 11) is 4.99. The van der Waals surface area contributed by atoms with Crippen molar-refractivity contribution in [3.63, 3.8) is 0 Å². The number of hydrogen-bond acceptors (Lipinski definition) is 4. The third kappa shape index (κ3) is 3.28. The zero-order chi connectivity index (χ0) is 18.7. The summed E-state index contributed by atoms with van der Waals surface area (Å²) in [5.74, 6) is 1.80. The number of carbonyl (C=O) groups excluding carboxylic acids is 1. The molecule has 0 aliphatic carbocycles. The maximum absolute atomic E-state index is 12.8. The molecule has 1 atom stereocenters. The van der Waals surface area contributed by atoms with E-state index in [1.807, 2.05) is 61.3 Å². The molecule has 26 heavy (non-hydrogen) atoms. The summed E-state index contributed by atoms with van der Waals surface area (Å²) < 4.78 is 14.1. The third-order valence-electron chi connectivity index (χ3n) is 4.26. The number of rotatable bonds is 6. The molecule has 0 aliphatic heterocycles. The van der Waals surface area contributed by atoms with Gasteiger partial charge < -0.3 is 19.4 Å². The molecule has 1 amide bonds. The average Bonchev–Trinajstić information content (AvgIpc) is 3.30. The fourth-order valence-electron chi connectivity index (χ4n) is 2.85. The number of methoxy groups -OCH3 is 2. The molecule has 2 aromatic heterocycles. The number of nitrogens with zero attached hydrogens (tertiary/aromatic N) is 3. The molecule has 0 bridgehead atoms. The number of hydrogen-bond donors (Lipinski definition) is 1. The van der Waals surface area contributed by atoms with Crippen molar-refractivity contribution < 1.29 is 14.3 Å². The Morgan fingerprint density at radius 2 is 1.85 bits per heavy atom. The number of aryl methyl sites for hydroxylation is 1. The van der Waals surface area contributed by atoms with Crippen LogP contribution < -0.4 is 14.8 Å².